The molecule has 1 aromatic heterocycles. The van der Waals surface area contributed by atoms with Crippen molar-refractivity contribution < 1.29 is 4.74 Å². The molecule has 0 bridgehead atoms. The predicted octanol–water partition coefficient (Wildman–Crippen LogP) is 8.12. The number of rotatable bonds is 7. The molecule has 0 fully saturated rings. The molecular formula is C32H43N3O. The zero-order valence-electron chi connectivity index (χ0n) is 23.0. The number of nitrogens with zero attached hydrogens (tertiary/aromatic N) is 2. The van der Waals surface area contributed by atoms with Gasteiger partial charge in [0, 0.05) is 36.1 Å². The molecule has 0 unspecified atom stereocenters. The average molecular weight is 486 g/mol. The Hall–Kier alpha value is -3.53. The molecule has 3 aromatic rings. The van der Waals surface area contributed by atoms with Crippen LogP contribution in [-0.4, -0.2) is 23.5 Å². The van der Waals surface area contributed by atoms with Gasteiger partial charge in [0.15, 0.2) is 0 Å². The first-order valence-corrected chi connectivity index (χ1v) is 13.0. The molecule has 0 saturated carbocycles. The van der Waals surface area contributed by atoms with E-state index in [1.165, 1.54) is 36.1 Å². The van der Waals surface area contributed by atoms with Crippen LogP contribution in [0.3, 0.4) is 0 Å². The number of nitrogens with two attached hydrogens (primary N) is 1. The van der Waals surface area contributed by atoms with Gasteiger partial charge in [-0.15, -0.1) is 0 Å². The van der Waals surface area contributed by atoms with Crippen molar-refractivity contribution in [3.8, 4) is 5.75 Å². The van der Waals surface area contributed by atoms with Crippen LogP contribution in [0, 0.1) is 6.92 Å². The van der Waals surface area contributed by atoms with Crippen LogP contribution in [-0.2, 0) is 6.54 Å². The fourth-order valence-electron chi connectivity index (χ4n) is 4.35. The highest BCUT2D eigenvalue weighted by molar-refractivity contribution is 5.86. The van der Waals surface area contributed by atoms with E-state index in [-0.39, 0.29) is 0 Å². The normalized spacial score (nSPS) is 12.2. The van der Waals surface area contributed by atoms with Crippen LogP contribution in [0.4, 0.5) is 5.82 Å². The molecule has 0 spiro atoms. The Balaban J connectivity index is 0.000000243. The number of unbranched alkanes of at least 4 members (excludes halogenated alkanes) is 2. The molecule has 36 heavy (non-hydrogen) atoms. The lowest BCUT2D eigenvalue weighted by molar-refractivity contribution is 0.395. The Kier molecular flexibility index (Phi) is 11.8. The van der Waals surface area contributed by atoms with Crippen molar-refractivity contribution >= 4 is 17.1 Å². The number of nitrogen functional groups attached to an aromatic ring is 1. The van der Waals surface area contributed by atoms with Gasteiger partial charge in [-0.2, -0.15) is 0 Å². The minimum atomic E-state index is 0.552. The van der Waals surface area contributed by atoms with Gasteiger partial charge in [0.25, 0.3) is 0 Å². The second kappa shape index (κ2) is 14.8. The highest BCUT2D eigenvalue weighted by atomic mass is 16.5. The zero-order chi connectivity index (χ0) is 26.5. The van der Waals surface area contributed by atoms with E-state index in [1.807, 2.05) is 58.0 Å². The van der Waals surface area contributed by atoms with Crippen molar-refractivity contribution in [1.82, 2.24) is 9.88 Å². The van der Waals surface area contributed by atoms with Gasteiger partial charge in [-0.1, -0.05) is 82.7 Å². The van der Waals surface area contributed by atoms with Gasteiger partial charge in [-0.3, -0.25) is 0 Å². The van der Waals surface area contributed by atoms with Crippen molar-refractivity contribution in [3.63, 3.8) is 0 Å². The summed E-state index contributed by atoms with van der Waals surface area (Å²) in [6.07, 6.45) is 7.67. The van der Waals surface area contributed by atoms with Crippen molar-refractivity contribution in [1.29, 1.82) is 0 Å². The lowest BCUT2D eigenvalue weighted by atomic mass is 9.95. The van der Waals surface area contributed by atoms with Crippen LogP contribution >= 0.6 is 0 Å². The Labute approximate surface area is 218 Å². The van der Waals surface area contributed by atoms with Crippen molar-refractivity contribution in [3.05, 3.63) is 101 Å². The summed E-state index contributed by atoms with van der Waals surface area (Å²) >= 11 is 0. The van der Waals surface area contributed by atoms with E-state index in [0.717, 1.165) is 41.1 Å². The third-order valence-electron chi connectivity index (χ3n) is 6.23. The maximum absolute atomic E-state index is 6.02. The van der Waals surface area contributed by atoms with Gasteiger partial charge >= 0.3 is 0 Å². The number of methoxy groups -OCH3 is 1. The summed E-state index contributed by atoms with van der Waals surface area (Å²) in [6, 6.07) is 18.5. The largest absolute Gasteiger partial charge is 0.497 e. The van der Waals surface area contributed by atoms with Crippen LogP contribution in [0.25, 0.3) is 11.3 Å². The standard InChI is InChI=1S/C16H18N2O.C14H19N.C2H6/c1-4-14(12-6-5-7-13(10-12)19-3)15-11(2)8-9-18-16(15)17;1-3-4-7-10-15-11-13-8-5-6-9-14(13)12(15)2;1-2/h4-10H,1-3H3,(H2,17,18);5-6,8-9H,2-4,7,10-11H2,1H3;1-2H3/b14-4-;;. The Bertz CT molecular complexity index is 1130. The molecule has 0 saturated heterocycles. The molecular weight excluding hydrogens is 442 g/mol. The molecule has 1 aliphatic rings. The molecule has 4 rings (SSSR count). The smallest absolute Gasteiger partial charge is 0.131 e. The molecule has 2 heterocycles. The fourth-order valence-corrected chi connectivity index (χ4v) is 4.35. The van der Waals surface area contributed by atoms with Gasteiger partial charge in [-0.05, 0) is 60.7 Å². The highest BCUT2D eigenvalue weighted by Gasteiger charge is 2.20. The lowest BCUT2D eigenvalue weighted by Gasteiger charge is -2.18. The van der Waals surface area contributed by atoms with Crippen LogP contribution < -0.4 is 10.5 Å². The Morgan fingerprint density at radius 2 is 1.86 bits per heavy atom. The summed E-state index contributed by atoms with van der Waals surface area (Å²) in [4.78, 5) is 6.59. The summed E-state index contributed by atoms with van der Waals surface area (Å²) in [5.74, 6) is 1.38. The molecule has 4 heteroatoms. The topological polar surface area (TPSA) is 51.4 Å². The number of aryl methyl sites for hydroxylation is 1. The van der Waals surface area contributed by atoms with E-state index in [4.69, 9.17) is 10.5 Å². The number of hydrogen-bond donors (Lipinski definition) is 1. The summed E-state index contributed by atoms with van der Waals surface area (Å²) in [6.45, 7) is 16.7. The minimum absolute atomic E-state index is 0.552. The number of aromatic nitrogens is 1. The van der Waals surface area contributed by atoms with Crippen LogP contribution in [0.5, 0.6) is 5.75 Å². The summed E-state index contributed by atoms with van der Waals surface area (Å²) in [5.41, 5.74) is 14.2. The van der Waals surface area contributed by atoms with Gasteiger partial charge in [0.1, 0.15) is 11.6 Å². The Morgan fingerprint density at radius 3 is 2.50 bits per heavy atom. The first-order valence-electron chi connectivity index (χ1n) is 13.0. The predicted molar refractivity (Wildman–Crippen MR) is 156 cm³/mol. The van der Waals surface area contributed by atoms with E-state index in [9.17, 15) is 0 Å². The minimum Gasteiger partial charge on any atom is -0.497 e. The van der Waals surface area contributed by atoms with Crippen LogP contribution in [0.15, 0.2) is 73.4 Å². The molecule has 192 valence electrons. The molecule has 2 N–H and O–H groups in total. The molecule has 1 aliphatic heterocycles. The third-order valence-corrected chi connectivity index (χ3v) is 6.23. The molecule has 0 amide bonds. The van der Waals surface area contributed by atoms with Crippen LogP contribution in [0.1, 0.15) is 74.8 Å². The fraction of sp³-hybridized carbons (Fsp3) is 0.344. The lowest BCUT2D eigenvalue weighted by Crippen LogP contribution is -2.16. The highest BCUT2D eigenvalue weighted by Crippen LogP contribution is 2.32. The number of allylic oxidation sites excluding steroid dienone is 1. The first-order chi connectivity index (χ1) is 17.5. The van der Waals surface area contributed by atoms with E-state index in [1.54, 1.807) is 13.3 Å². The molecule has 0 atom stereocenters. The molecule has 2 aromatic carbocycles. The van der Waals surface area contributed by atoms with Crippen molar-refractivity contribution in [2.75, 3.05) is 19.4 Å². The number of anilines is 1. The number of fused-ring (bicyclic) bond motifs is 1. The second-order valence-electron chi connectivity index (χ2n) is 8.55. The number of pyridine rings is 1. The molecule has 4 nitrogen and oxygen atoms in total. The van der Waals surface area contributed by atoms with Gasteiger partial charge < -0.3 is 15.4 Å². The van der Waals surface area contributed by atoms with E-state index < -0.39 is 0 Å². The van der Waals surface area contributed by atoms with Crippen molar-refractivity contribution in [2.45, 2.75) is 60.4 Å². The summed E-state index contributed by atoms with van der Waals surface area (Å²) in [5, 5.41) is 0. The maximum atomic E-state index is 6.02. The molecule has 0 aliphatic carbocycles. The zero-order valence-corrected chi connectivity index (χ0v) is 23.0. The van der Waals surface area contributed by atoms with Gasteiger partial charge in [0.2, 0.25) is 0 Å². The van der Waals surface area contributed by atoms with E-state index in [0.29, 0.717) is 5.82 Å². The third kappa shape index (κ3) is 7.24. The molecule has 0 radical (unpaired) electrons. The Morgan fingerprint density at radius 1 is 1.11 bits per heavy atom. The summed E-state index contributed by atoms with van der Waals surface area (Å²) in [7, 11) is 1.66. The van der Waals surface area contributed by atoms with Crippen molar-refractivity contribution in [2.24, 2.45) is 0 Å². The summed E-state index contributed by atoms with van der Waals surface area (Å²) < 4.78 is 5.27. The van der Waals surface area contributed by atoms with Gasteiger partial charge in [0.05, 0.1) is 7.11 Å². The van der Waals surface area contributed by atoms with Gasteiger partial charge in [-0.25, -0.2) is 4.98 Å². The van der Waals surface area contributed by atoms with Crippen LogP contribution in [0.2, 0.25) is 0 Å². The number of hydrogen-bond acceptors (Lipinski definition) is 4. The average Bonchev–Trinajstić information content (AvgIpc) is 3.23. The first kappa shape index (κ1) is 28.7. The number of benzene rings is 2. The monoisotopic (exact) mass is 485 g/mol. The number of ether oxygens (including phenoxy) is 1. The second-order valence-corrected chi connectivity index (χ2v) is 8.55. The SMILES string of the molecule is C/C=C(/c1cccc(OC)c1)c1c(C)ccnc1N.C=C1c2ccccc2CN1CCCCC.CC. The maximum Gasteiger partial charge on any atom is 0.131 e. The van der Waals surface area contributed by atoms with E-state index in [2.05, 4.69) is 53.7 Å². The quantitative estimate of drug-likeness (QED) is 0.343. The van der Waals surface area contributed by atoms with E-state index >= 15 is 0 Å².